The Balaban J connectivity index is 2.25. The highest BCUT2D eigenvalue weighted by atomic mass is 35.5. The first-order valence-electron chi connectivity index (χ1n) is 7.32. The van der Waals surface area contributed by atoms with E-state index < -0.39 is 22.0 Å². The summed E-state index contributed by atoms with van der Waals surface area (Å²) in [6.45, 7) is 1.66. The molecule has 1 aromatic carbocycles. The molecule has 25 heavy (non-hydrogen) atoms. The van der Waals surface area contributed by atoms with Crippen LogP contribution >= 0.6 is 23.2 Å². The lowest BCUT2D eigenvalue weighted by Crippen LogP contribution is -2.47. The highest BCUT2D eigenvalue weighted by Crippen LogP contribution is 2.32. The lowest BCUT2D eigenvalue weighted by Gasteiger charge is -2.29. The van der Waals surface area contributed by atoms with E-state index in [2.05, 4.69) is 10.3 Å². The zero-order valence-electron chi connectivity index (χ0n) is 13.6. The maximum absolute atomic E-state index is 12.5. The minimum atomic E-state index is -3.77. The minimum Gasteiger partial charge on any atom is -0.349 e. The molecule has 0 bridgehead atoms. The number of carbonyl (C=O) groups is 1. The quantitative estimate of drug-likeness (QED) is 0.806. The van der Waals surface area contributed by atoms with Crippen molar-refractivity contribution in [2.24, 2.45) is 0 Å². The number of aromatic nitrogens is 1. The maximum Gasteiger partial charge on any atom is 0.243 e. The van der Waals surface area contributed by atoms with Gasteiger partial charge < -0.3 is 5.32 Å². The van der Waals surface area contributed by atoms with Gasteiger partial charge in [-0.15, -0.1) is 0 Å². The van der Waals surface area contributed by atoms with Gasteiger partial charge >= 0.3 is 0 Å². The molecular formula is C16H17Cl2N3O3S. The Kier molecular flexibility index (Phi) is 6.26. The van der Waals surface area contributed by atoms with Gasteiger partial charge in [-0.05, 0) is 37.3 Å². The van der Waals surface area contributed by atoms with E-state index >= 15 is 0 Å². The number of nitrogens with one attached hydrogen (secondary N) is 1. The molecule has 6 nitrogen and oxygen atoms in total. The Morgan fingerprint density at radius 2 is 2.00 bits per heavy atom. The first-order chi connectivity index (χ1) is 11.7. The smallest absolute Gasteiger partial charge is 0.243 e. The van der Waals surface area contributed by atoms with E-state index in [-0.39, 0.29) is 17.3 Å². The third-order valence-electron chi connectivity index (χ3n) is 3.40. The average molecular weight is 402 g/mol. The molecule has 0 aliphatic rings. The first kappa shape index (κ1) is 19.5. The van der Waals surface area contributed by atoms with E-state index in [0.29, 0.717) is 10.7 Å². The topological polar surface area (TPSA) is 79.4 Å². The molecule has 0 aliphatic heterocycles. The number of nitrogens with zero attached hydrogens (tertiary/aromatic N) is 2. The highest BCUT2D eigenvalue weighted by molar-refractivity contribution is 7.92. The summed E-state index contributed by atoms with van der Waals surface area (Å²) < 4.78 is 25.4. The van der Waals surface area contributed by atoms with Crippen molar-refractivity contribution < 1.29 is 13.2 Å². The van der Waals surface area contributed by atoms with Gasteiger partial charge in [0.1, 0.15) is 6.04 Å². The zero-order valence-corrected chi connectivity index (χ0v) is 15.9. The number of amides is 1. The van der Waals surface area contributed by atoms with E-state index in [1.165, 1.54) is 19.1 Å². The van der Waals surface area contributed by atoms with Crippen LogP contribution in [0.5, 0.6) is 0 Å². The highest BCUT2D eigenvalue weighted by Gasteiger charge is 2.30. The van der Waals surface area contributed by atoms with Crippen LogP contribution in [0.3, 0.4) is 0 Å². The Bertz CT molecular complexity index is 860. The van der Waals surface area contributed by atoms with Crippen molar-refractivity contribution in [2.45, 2.75) is 19.5 Å². The third-order valence-corrected chi connectivity index (χ3v) is 5.19. The summed E-state index contributed by atoms with van der Waals surface area (Å²) in [5.41, 5.74) is 0.812. The van der Waals surface area contributed by atoms with Gasteiger partial charge in [0, 0.05) is 11.2 Å². The molecule has 0 radical (unpaired) electrons. The molecule has 1 amide bonds. The lowest BCUT2D eigenvalue weighted by atomic mass is 10.2. The van der Waals surface area contributed by atoms with Crippen molar-refractivity contribution in [3.05, 3.63) is 58.3 Å². The van der Waals surface area contributed by atoms with Crippen molar-refractivity contribution >= 4 is 44.8 Å². The molecule has 2 rings (SSSR count). The molecular weight excluding hydrogens is 385 g/mol. The van der Waals surface area contributed by atoms with Gasteiger partial charge in [-0.3, -0.25) is 14.1 Å². The van der Waals surface area contributed by atoms with E-state index in [1.807, 2.05) is 0 Å². The van der Waals surface area contributed by atoms with Crippen LogP contribution in [0, 0.1) is 0 Å². The summed E-state index contributed by atoms with van der Waals surface area (Å²) in [4.78, 5) is 16.6. The molecule has 1 aromatic heterocycles. The zero-order chi connectivity index (χ0) is 18.6. The predicted octanol–water partition coefficient (Wildman–Crippen LogP) is 2.86. The third kappa shape index (κ3) is 5.07. The SMILES string of the molecule is CC(C(=O)NCc1ccccn1)N(c1cc(Cl)ccc1Cl)S(C)(=O)=O. The number of benzene rings is 1. The monoisotopic (exact) mass is 401 g/mol. The number of pyridine rings is 1. The molecule has 0 saturated carbocycles. The second-order valence-corrected chi connectivity index (χ2v) is 8.07. The normalized spacial score (nSPS) is 12.5. The van der Waals surface area contributed by atoms with Crippen LogP contribution in [0.4, 0.5) is 5.69 Å². The molecule has 1 N–H and O–H groups in total. The summed E-state index contributed by atoms with van der Waals surface area (Å²) in [7, 11) is -3.77. The van der Waals surface area contributed by atoms with Crippen LogP contribution in [-0.2, 0) is 21.4 Å². The van der Waals surface area contributed by atoms with Gasteiger partial charge in [0.15, 0.2) is 0 Å². The van der Waals surface area contributed by atoms with Crippen molar-refractivity contribution in [2.75, 3.05) is 10.6 Å². The number of hydrogen-bond donors (Lipinski definition) is 1. The van der Waals surface area contributed by atoms with E-state index in [0.717, 1.165) is 10.6 Å². The lowest BCUT2D eigenvalue weighted by molar-refractivity contribution is -0.122. The largest absolute Gasteiger partial charge is 0.349 e. The predicted molar refractivity (Wildman–Crippen MR) is 99.3 cm³/mol. The Hall–Kier alpha value is -1.83. The number of halogens is 2. The van der Waals surface area contributed by atoms with Crippen molar-refractivity contribution in [1.29, 1.82) is 0 Å². The van der Waals surface area contributed by atoms with Crippen LogP contribution in [0.2, 0.25) is 10.0 Å². The van der Waals surface area contributed by atoms with Crippen molar-refractivity contribution in [1.82, 2.24) is 10.3 Å². The van der Waals surface area contributed by atoms with Gasteiger partial charge in [-0.1, -0.05) is 29.3 Å². The molecule has 1 unspecified atom stereocenters. The molecule has 9 heteroatoms. The fourth-order valence-electron chi connectivity index (χ4n) is 2.26. The molecule has 0 aliphatic carbocycles. The summed E-state index contributed by atoms with van der Waals surface area (Å²) in [6, 6.07) is 8.73. The van der Waals surface area contributed by atoms with Crippen LogP contribution in [0.25, 0.3) is 0 Å². The molecule has 134 valence electrons. The summed E-state index contributed by atoms with van der Waals surface area (Å²) in [5.74, 6) is -0.480. The number of hydrogen-bond acceptors (Lipinski definition) is 4. The number of sulfonamides is 1. The van der Waals surface area contributed by atoms with E-state index in [9.17, 15) is 13.2 Å². The summed E-state index contributed by atoms with van der Waals surface area (Å²) in [6.07, 6.45) is 2.62. The molecule has 0 fully saturated rings. The van der Waals surface area contributed by atoms with Crippen LogP contribution in [-0.4, -0.2) is 31.6 Å². The van der Waals surface area contributed by atoms with Gasteiger partial charge in [-0.2, -0.15) is 0 Å². The van der Waals surface area contributed by atoms with Crippen LogP contribution < -0.4 is 9.62 Å². The number of carbonyl (C=O) groups excluding carboxylic acids is 1. The van der Waals surface area contributed by atoms with Gasteiger partial charge in [0.25, 0.3) is 0 Å². The van der Waals surface area contributed by atoms with Gasteiger partial charge in [0.05, 0.1) is 29.2 Å². The van der Waals surface area contributed by atoms with Crippen LogP contribution in [0.15, 0.2) is 42.6 Å². The summed E-state index contributed by atoms with van der Waals surface area (Å²) >= 11 is 12.1. The number of rotatable bonds is 6. The number of anilines is 1. The minimum absolute atomic E-state index is 0.150. The first-order valence-corrected chi connectivity index (χ1v) is 9.92. The van der Waals surface area contributed by atoms with E-state index in [4.69, 9.17) is 23.2 Å². The maximum atomic E-state index is 12.5. The second-order valence-electron chi connectivity index (χ2n) is 5.37. The second kappa shape index (κ2) is 8.03. The standard InChI is InChI=1S/C16H17Cl2N3O3S/c1-11(16(22)20-10-13-5-3-4-8-19-13)21(25(2,23)24)15-9-12(17)6-7-14(15)18/h3-9,11H,10H2,1-2H3,(H,20,22). The fourth-order valence-corrected chi connectivity index (χ4v) is 3.87. The van der Waals surface area contributed by atoms with Crippen LogP contribution in [0.1, 0.15) is 12.6 Å². The molecule has 0 saturated heterocycles. The fraction of sp³-hybridized carbons (Fsp3) is 0.250. The summed E-state index contributed by atoms with van der Waals surface area (Å²) in [5, 5.41) is 3.17. The van der Waals surface area contributed by atoms with Crippen molar-refractivity contribution in [3.8, 4) is 0 Å². The Morgan fingerprint density at radius 1 is 1.28 bits per heavy atom. The average Bonchev–Trinajstić information content (AvgIpc) is 2.55. The molecule has 1 atom stereocenters. The van der Waals surface area contributed by atoms with Gasteiger partial charge in [0.2, 0.25) is 15.9 Å². The van der Waals surface area contributed by atoms with Crippen molar-refractivity contribution in [3.63, 3.8) is 0 Å². The Labute approximate surface area is 156 Å². The molecule has 2 aromatic rings. The van der Waals surface area contributed by atoms with Gasteiger partial charge in [-0.25, -0.2) is 8.42 Å². The molecule has 0 spiro atoms. The molecule has 1 heterocycles. The van der Waals surface area contributed by atoms with E-state index in [1.54, 1.807) is 30.5 Å². The Morgan fingerprint density at radius 3 is 2.60 bits per heavy atom.